The zero-order chi connectivity index (χ0) is 27.6. The van der Waals surface area contributed by atoms with E-state index in [0.717, 1.165) is 38.3 Å². The van der Waals surface area contributed by atoms with Crippen LogP contribution in [0, 0.1) is 0 Å². The molecule has 5 nitrogen and oxygen atoms in total. The highest BCUT2D eigenvalue weighted by atomic mass is 16.5. The summed E-state index contributed by atoms with van der Waals surface area (Å²) < 4.78 is 5.30. The molecule has 0 radical (unpaired) electrons. The number of hydrogen-bond acceptors (Lipinski definition) is 5. The number of aryl methyl sites for hydroxylation is 2. The fourth-order valence-electron chi connectivity index (χ4n) is 7.57. The summed E-state index contributed by atoms with van der Waals surface area (Å²) >= 11 is 0. The van der Waals surface area contributed by atoms with Gasteiger partial charge in [-0.15, -0.1) is 0 Å². The van der Waals surface area contributed by atoms with Gasteiger partial charge in [0.1, 0.15) is 5.75 Å². The van der Waals surface area contributed by atoms with Gasteiger partial charge in [-0.1, -0.05) is 48.5 Å². The molecule has 2 atom stereocenters. The highest BCUT2D eigenvalue weighted by molar-refractivity contribution is 5.50. The molecule has 0 saturated carbocycles. The molecule has 0 amide bonds. The van der Waals surface area contributed by atoms with E-state index in [2.05, 4.69) is 107 Å². The first-order valence-electron chi connectivity index (χ1n) is 15.2. The fraction of sp³-hybridized carbons (Fsp3) is 0.486. The quantitative estimate of drug-likeness (QED) is 0.506. The second kappa shape index (κ2) is 11.6. The maximum absolute atomic E-state index is 5.30. The third-order valence-electron chi connectivity index (χ3n) is 10.0. The van der Waals surface area contributed by atoms with Crippen LogP contribution in [0.1, 0.15) is 35.1 Å². The standard InChI is InChI=1S/C21H26N2O.C14H20N2/c1-22-13-14-23(19-7-9-20(24-2)10-8-19)16-21(22)12-11-17-5-3-4-6-18(17)15-21;1-16-9-8-15-14(11-16)7-6-12-4-2-3-5-13(12)10-14/h3-10H,11-16H2,1-2H3;2-5,15H,6-11H2,1H3. The Hall–Kier alpha value is -2.86. The van der Waals surface area contributed by atoms with Crippen LogP contribution < -0.4 is 15.0 Å². The number of hydrogen-bond donors (Lipinski definition) is 1. The Morgan fingerprint density at radius 2 is 1.35 bits per heavy atom. The van der Waals surface area contributed by atoms with E-state index in [4.69, 9.17) is 4.74 Å². The lowest BCUT2D eigenvalue weighted by Gasteiger charge is -2.52. The Morgan fingerprint density at radius 3 is 2.02 bits per heavy atom. The van der Waals surface area contributed by atoms with Crippen molar-refractivity contribution in [2.75, 3.05) is 65.4 Å². The zero-order valence-corrected chi connectivity index (χ0v) is 24.7. The smallest absolute Gasteiger partial charge is 0.119 e. The van der Waals surface area contributed by atoms with Crippen molar-refractivity contribution in [1.82, 2.24) is 15.1 Å². The number of piperazine rings is 2. The van der Waals surface area contributed by atoms with Crippen molar-refractivity contribution in [2.45, 2.75) is 49.6 Å². The lowest BCUT2D eigenvalue weighted by Crippen LogP contribution is -2.63. The van der Waals surface area contributed by atoms with Crippen LogP contribution in [0.2, 0.25) is 0 Å². The number of methoxy groups -OCH3 is 1. The largest absolute Gasteiger partial charge is 0.497 e. The number of anilines is 1. The summed E-state index contributed by atoms with van der Waals surface area (Å²) in [6, 6.07) is 26.4. The molecule has 40 heavy (non-hydrogen) atoms. The van der Waals surface area contributed by atoms with Crippen LogP contribution in [0.25, 0.3) is 0 Å². The summed E-state index contributed by atoms with van der Waals surface area (Å²) in [5, 5.41) is 3.76. The molecule has 0 bridgehead atoms. The van der Waals surface area contributed by atoms with Crippen molar-refractivity contribution in [3.8, 4) is 5.75 Å². The Labute approximate surface area is 241 Å². The average molecular weight is 539 g/mol. The van der Waals surface area contributed by atoms with E-state index in [-0.39, 0.29) is 5.54 Å². The molecule has 3 aromatic rings. The molecule has 2 heterocycles. The van der Waals surface area contributed by atoms with Gasteiger partial charge in [0.15, 0.2) is 0 Å². The first kappa shape index (κ1) is 27.3. The van der Waals surface area contributed by atoms with E-state index in [0.29, 0.717) is 5.54 Å². The summed E-state index contributed by atoms with van der Waals surface area (Å²) in [4.78, 5) is 7.61. The first-order chi connectivity index (χ1) is 19.5. The number of likely N-dealkylation sites (N-methyl/N-ethyl adjacent to an activating group) is 2. The van der Waals surface area contributed by atoms with Crippen molar-refractivity contribution in [2.24, 2.45) is 0 Å². The summed E-state index contributed by atoms with van der Waals surface area (Å²) in [5.41, 5.74) is 8.10. The molecule has 2 fully saturated rings. The summed E-state index contributed by atoms with van der Waals surface area (Å²) in [7, 11) is 6.27. The van der Waals surface area contributed by atoms with Gasteiger partial charge in [-0.25, -0.2) is 0 Å². The Kier molecular flexibility index (Phi) is 7.89. The number of nitrogens with one attached hydrogen (secondary N) is 1. The molecule has 212 valence electrons. The molecular formula is C35H46N4O. The van der Waals surface area contributed by atoms with Crippen LogP contribution in [0.4, 0.5) is 5.69 Å². The lowest BCUT2D eigenvalue weighted by atomic mass is 9.75. The Morgan fingerprint density at radius 1 is 0.700 bits per heavy atom. The first-order valence-corrected chi connectivity index (χ1v) is 15.2. The zero-order valence-electron chi connectivity index (χ0n) is 24.7. The Bertz CT molecular complexity index is 1290. The van der Waals surface area contributed by atoms with Gasteiger partial charge >= 0.3 is 0 Å². The van der Waals surface area contributed by atoms with Crippen molar-refractivity contribution in [1.29, 1.82) is 0 Å². The van der Waals surface area contributed by atoms with E-state index in [1.807, 2.05) is 0 Å². The van der Waals surface area contributed by atoms with E-state index >= 15 is 0 Å². The third-order valence-corrected chi connectivity index (χ3v) is 10.0. The van der Waals surface area contributed by atoms with E-state index in [1.165, 1.54) is 62.0 Å². The predicted molar refractivity (Wildman–Crippen MR) is 166 cm³/mol. The molecule has 2 aliphatic carbocycles. The van der Waals surface area contributed by atoms with Crippen molar-refractivity contribution >= 4 is 5.69 Å². The Balaban J connectivity index is 0.000000157. The molecule has 4 aliphatic rings. The molecule has 2 unspecified atom stereocenters. The number of ether oxygens (including phenoxy) is 1. The molecule has 2 aliphatic heterocycles. The minimum Gasteiger partial charge on any atom is -0.497 e. The molecule has 0 aromatic heterocycles. The molecule has 7 rings (SSSR count). The third kappa shape index (κ3) is 5.65. The number of rotatable bonds is 2. The van der Waals surface area contributed by atoms with Gasteiger partial charge in [-0.2, -0.15) is 0 Å². The summed E-state index contributed by atoms with van der Waals surface area (Å²) in [6.45, 7) is 6.83. The minimum absolute atomic E-state index is 0.256. The molecule has 3 aromatic carbocycles. The highest BCUT2D eigenvalue weighted by Crippen LogP contribution is 2.37. The van der Waals surface area contributed by atoms with Gasteiger partial charge in [0.25, 0.3) is 0 Å². The number of nitrogens with zero attached hydrogens (tertiary/aromatic N) is 3. The van der Waals surface area contributed by atoms with Gasteiger partial charge in [-0.3, -0.25) is 4.90 Å². The van der Waals surface area contributed by atoms with Crippen molar-refractivity contribution < 1.29 is 4.74 Å². The minimum atomic E-state index is 0.256. The van der Waals surface area contributed by atoms with Gasteiger partial charge in [0, 0.05) is 56.0 Å². The second-order valence-corrected chi connectivity index (χ2v) is 12.6. The molecule has 2 saturated heterocycles. The van der Waals surface area contributed by atoms with Crippen LogP contribution in [-0.2, 0) is 25.7 Å². The van der Waals surface area contributed by atoms with Crippen LogP contribution >= 0.6 is 0 Å². The lowest BCUT2D eigenvalue weighted by molar-refractivity contribution is 0.0870. The fourth-order valence-corrected chi connectivity index (χ4v) is 7.57. The van der Waals surface area contributed by atoms with Gasteiger partial charge < -0.3 is 19.9 Å². The summed E-state index contributed by atoms with van der Waals surface area (Å²) in [6.07, 6.45) is 7.31. The van der Waals surface area contributed by atoms with E-state index in [9.17, 15) is 0 Å². The van der Waals surface area contributed by atoms with Gasteiger partial charge in [0.05, 0.1) is 7.11 Å². The van der Waals surface area contributed by atoms with E-state index in [1.54, 1.807) is 18.2 Å². The van der Waals surface area contributed by atoms with Crippen LogP contribution in [-0.4, -0.2) is 81.4 Å². The SMILES string of the molecule is CN1CCNC2(CCc3ccccc3C2)C1.COc1ccc(N2CCN(C)C3(CCc4ccccc4C3)C2)cc1. The normalized spacial score (nSPS) is 26.5. The van der Waals surface area contributed by atoms with Crippen molar-refractivity contribution in [3.63, 3.8) is 0 Å². The van der Waals surface area contributed by atoms with Crippen LogP contribution in [0.15, 0.2) is 72.8 Å². The molecule has 5 heteroatoms. The maximum Gasteiger partial charge on any atom is 0.119 e. The van der Waals surface area contributed by atoms with Crippen molar-refractivity contribution in [3.05, 3.63) is 95.1 Å². The monoisotopic (exact) mass is 538 g/mol. The number of fused-ring (bicyclic) bond motifs is 2. The topological polar surface area (TPSA) is 31.0 Å². The average Bonchev–Trinajstić information content (AvgIpc) is 2.99. The highest BCUT2D eigenvalue weighted by Gasteiger charge is 2.42. The number of benzene rings is 3. The molecular weight excluding hydrogens is 492 g/mol. The maximum atomic E-state index is 5.30. The van der Waals surface area contributed by atoms with Gasteiger partial charge in [0.2, 0.25) is 0 Å². The van der Waals surface area contributed by atoms with Gasteiger partial charge in [-0.05, 0) is 99.1 Å². The van der Waals surface area contributed by atoms with Crippen LogP contribution in [0.3, 0.4) is 0 Å². The second-order valence-electron chi connectivity index (χ2n) is 12.6. The predicted octanol–water partition coefficient (Wildman–Crippen LogP) is 4.82. The van der Waals surface area contributed by atoms with Crippen LogP contribution in [0.5, 0.6) is 5.75 Å². The summed E-state index contributed by atoms with van der Waals surface area (Å²) in [5.74, 6) is 0.925. The molecule has 2 spiro atoms. The van der Waals surface area contributed by atoms with E-state index < -0.39 is 0 Å². The molecule has 1 N–H and O–H groups in total.